The number of likely N-dealkylation sites (tertiary alicyclic amines) is 1. The van der Waals surface area contributed by atoms with Gasteiger partial charge >= 0.3 is 6.03 Å². The Bertz CT molecular complexity index is 1090. The average Bonchev–Trinajstić information content (AvgIpc) is 3.44. The van der Waals surface area contributed by atoms with Gasteiger partial charge < -0.3 is 15.5 Å². The molecule has 0 radical (unpaired) electrons. The molecule has 0 aromatic carbocycles. The van der Waals surface area contributed by atoms with Crippen LogP contribution in [0.2, 0.25) is 0 Å². The Kier molecular flexibility index (Phi) is 4.15. The second-order valence-corrected chi connectivity index (χ2v) is 7.88. The Morgan fingerprint density at radius 1 is 1.21 bits per heavy atom. The number of aromatic nitrogens is 4. The minimum atomic E-state index is 0.0121. The third kappa shape index (κ3) is 2.90. The molecule has 3 aromatic rings. The van der Waals surface area contributed by atoms with E-state index in [0.717, 1.165) is 60.6 Å². The second-order valence-electron chi connectivity index (χ2n) is 7.88. The summed E-state index contributed by atoms with van der Waals surface area (Å²) in [4.78, 5) is 23.4. The minimum absolute atomic E-state index is 0.0121. The molecule has 5 heterocycles. The van der Waals surface area contributed by atoms with Crippen LogP contribution in [0, 0.1) is 0 Å². The number of anilines is 1. The summed E-state index contributed by atoms with van der Waals surface area (Å²) in [6.45, 7) is 5.05. The van der Waals surface area contributed by atoms with Gasteiger partial charge in [-0.2, -0.15) is 5.10 Å². The molecule has 1 saturated heterocycles. The molecule has 8 heteroatoms. The third-order valence-corrected chi connectivity index (χ3v) is 6.18. The lowest BCUT2D eigenvalue weighted by atomic mass is 9.82. The monoisotopic (exact) mass is 391 g/mol. The van der Waals surface area contributed by atoms with Crippen molar-refractivity contribution in [2.75, 3.05) is 32.0 Å². The van der Waals surface area contributed by atoms with E-state index in [-0.39, 0.29) is 11.4 Å². The summed E-state index contributed by atoms with van der Waals surface area (Å²) in [5.41, 5.74) is 4.84. The van der Waals surface area contributed by atoms with E-state index in [1.54, 1.807) is 0 Å². The van der Waals surface area contributed by atoms with Crippen LogP contribution in [0.3, 0.4) is 0 Å². The Hall–Kier alpha value is -3.16. The summed E-state index contributed by atoms with van der Waals surface area (Å²) < 4.78 is 2.11. The first kappa shape index (κ1) is 17.9. The molecule has 1 atom stereocenters. The van der Waals surface area contributed by atoms with E-state index in [1.807, 2.05) is 43.3 Å². The number of pyridine rings is 2. The van der Waals surface area contributed by atoms with Crippen LogP contribution in [0.4, 0.5) is 10.6 Å². The van der Waals surface area contributed by atoms with Crippen molar-refractivity contribution in [1.82, 2.24) is 30.0 Å². The third-order valence-electron chi connectivity index (χ3n) is 6.18. The van der Waals surface area contributed by atoms with Crippen LogP contribution >= 0.6 is 0 Å². The number of urea groups is 1. The maximum absolute atomic E-state index is 12.3. The van der Waals surface area contributed by atoms with Crippen LogP contribution in [-0.4, -0.2) is 57.4 Å². The maximum Gasteiger partial charge on any atom is 0.317 e. The van der Waals surface area contributed by atoms with Crippen LogP contribution in [0.15, 0.2) is 30.5 Å². The van der Waals surface area contributed by atoms with Gasteiger partial charge in [0.05, 0.1) is 16.7 Å². The Morgan fingerprint density at radius 2 is 2.07 bits per heavy atom. The summed E-state index contributed by atoms with van der Waals surface area (Å²) in [6, 6.07) is 8.15. The lowest BCUT2D eigenvalue weighted by Crippen LogP contribution is -2.40. The molecule has 1 fully saturated rings. The van der Waals surface area contributed by atoms with Gasteiger partial charge in [0.25, 0.3) is 0 Å². The number of nitrogens with zero attached hydrogens (tertiary/aromatic N) is 5. The molecule has 2 aliphatic heterocycles. The fraction of sp³-hybridized carbons (Fsp3) is 0.429. The highest BCUT2D eigenvalue weighted by Gasteiger charge is 2.46. The number of amides is 2. The van der Waals surface area contributed by atoms with Crippen molar-refractivity contribution in [2.24, 2.45) is 0 Å². The van der Waals surface area contributed by atoms with Crippen LogP contribution in [0.5, 0.6) is 0 Å². The summed E-state index contributed by atoms with van der Waals surface area (Å²) in [5.74, 6) is 0.819. The van der Waals surface area contributed by atoms with Gasteiger partial charge in [0.2, 0.25) is 0 Å². The number of carbonyl (C=O) groups excluding carboxylic acids is 1. The van der Waals surface area contributed by atoms with Crippen molar-refractivity contribution in [3.8, 4) is 11.3 Å². The average molecular weight is 391 g/mol. The van der Waals surface area contributed by atoms with Gasteiger partial charge in [0, 0.05) is 56.1 Å². The zero-order valence-electron chi connectivity index (χ0n) is 16.8. The first-order valence-electron chi connectivity index (χ1n) is 10.2. The molecule has 1 unspecified atom stereocenters. The van der Waals surface area contributed by atoms with Crippen molar-refractivity contribution in [1.29, 1.82) is 0 Å². The van der Waals surface area contributed by atoms with Crippen molar-refractivity contribution >= 4 is 22.9 Å². The van der Waals surface area contributed by atoms with E-state index in [4.69, 9.17) is 5.10 Å². The Balaban J connectivity index is 1.46. The maximum atomic E-state index is 12.3. The second kappa shape index (κ2) is 6.72. The van der Waals surface area contributed by atoms with Gasteiger partial charge in [-0.15, -0.1) is 0 Å². The fourth-order valence-electron chi connectivity index (χ4n) is 4.61. The molecule has 0 saturated carbocycles. The number of nitrogens with one attached hydrogen (secondary N) is 2. The predicted molar refractivity (Wildman–Crippen MR) is 112 cm³/mol. The van der Waals surface area contributed by atoms with E-state index < -0.39 is 0 Å². The van der Waals surface area contributed by atoms with Gasteiger partial charge in [-0.1, -0.05) is 0 Å². The molecule has 0 bridgehead atoms. The van der Waals surface area contributed by atoms with Gasteiger partial charge in [-0.05, 0) is 44.0 Å². The molecular weight excluding hydrogens is 366 g/mol. The Labute approximate surface area is 169 Å². The summed E-state index contributed by atoms with van der Waals surface area (Å²) in [6.07, 6.45) is 3.89. The molecule has 150 valence electrons. The molecule has 5 rings (SSSR count). The molecule has 3 aromatic heterocycles. The number of hydrogen-bond donors (Lipinski definition) is 2. The standard InChI is InChI=1S/C21H25N7O/c1-3-23-20(29)27-8-6-21(13-27)7-9-28-18(21)11-16(26-28)14-10-17-15(24-12-14)4-5-19(22-2)25-17/h4-5,10-12H,3,6-9,13H2,1-2H3,(H,22,25)(H,23,29). The summed E-state index contributed by atoms with van der Waals surface area (Å²) in [7, 11) is 1.86. The number of hydrogen-bond acceptors (Lipinski definition) is 5. The highest BCUT2D eigenvalue weighted by atomic mass is 16.2. The molecule has 1 spiro atoms. The zero-order valence-corrected chi connectivity index (χ0v) is 16.8. The van der Waals surface area contributed by atoms with Gasteiger partial charge in [0.1, 0.15) is 5.82 Å². The van der Waals surface area contributed by atoms with Gasteiger partial charge in [-0.3, -0.25) is 9.67 Å². The molecule has 2 aliphatic rings. The normalized spacial score (nSPS) is 20.4. The van der Waals surface area contributed by atoms with Crippen LogP contribution in [0.1, 0.15) is 25.5 Å². The van der Waals surface area contributed by atoms with E-state index in [0.29, 0.717) is 6.54 Å². The zero-order chi connectivity index (χ0) is 20.0. The largest absolute Gasteiger partial charge is 0.373 e. The predicted octanol–water partition coefficient (Wildman–Crippen LogP) is 2.61. The molecular formula is C21H25N7O. The van der Waals surface area contributed by atoms with Crippen molar-refractivity contribution in [2.45, 2.75) is 31.7 Å². The summed E-state index contributed by atoms with van der Waals surface area (Å²) in [5, 5.41) is 10.8. The molecule has 8 nitrogen and oxygen atoms in total. The quantitative estimate of drug-likeness (QED) is 0.717. The van der Waals surface area contributed by atoms with Crippen molar-refractivity contribution in [3.05, 3.63) is 36.2 Å². The van der Waals surface area contributed by atoms with Crippen LogP contribution < -0.4 is 10.6 Å². The van der Waals surface area contributed by atoms with Crippen LogP contribution in [-0.2, 0) is 12.0 Å². The van der Waals surface area contributed by atoms with Gasteiger partial charge in [-0.25, -0.2) is 9.78 Å². The lowest BCUT2D eigenvalue weighted by molar-refractivity contribution is 0.206. The van der Waals surface area contributed by atoms with Gasteiger partial charge in [0.15, 0.2) is 0 Å². The van der Waals surface area contributed by atoms with E-state index in [2.05, 4.69) is 31.3 Å². The first-order valence-corrected chi connectivity index (χ1v) is 10.2. The molecule has 0 aliphatic carbocycles. The number of carbonyl (C=O) groups is 1. The summed E-state index contributed by atoms with van der Waals surface area (Å²) >= 11 is 0. The highest BCUT2D eigenvalue weighted by molar-refractivity contribution is 5.81. The first-order chi connectivity index (χ1) is 14.1. The van der Waals surface area contributed by atoms with E-state index >= 15 is 0 Å². The topological polar surface area (TPSA) is 88.0 Å². The molecule has 2 amide bonds. The smallest absolute Gasteiger partial charge is 0.317 e. The van der Waals surface area contributed by atoms with E-state index in [1.165, 1.54) is 5.69 Å². The number of aryl methyl sites for hydroxylation is 1. The Morgan fingerprint density at radius 3 is 2.90 bits per heavy atom. The molecule has 2 N–H and O–H groups in total. The SMILES string of the molecule is CCNC(=O)N1CCC2(CCn3nc(-c4cnc5ccc(NC)nc5c4)cc32)C1. The minimum Gasteiger partial charge on any atom is -0.373 e. The number of fused-ring (bicyclic) bond motifs is 3. The molecule has 29 heavy (non-hydrogen) atoms. The highest BCUT2D eigenvalue weighted by Crippen LogP contribution is 2.43. The van der Waals surface area contributed by atoms with E-state index in [9.17, 15) is 4.79 Å². The fourth-order valence-corrected chi connectivity index (χ4v) is 4.61. The lowest BCUT2D eigenvalue weighted by Gasteiger charge is -2.23. The van der Waals surface area contributed by atoms with Crippen molar-refractivity contribution in [3.63, 3.8) is 0 Å². The van der Waals surface area contributed by atoms with Crippen molar-refractivity contribution < 1.29 is 4.79 Å². The van der Waals surface area contributed by atoms with Crippen LogP contribution in [0.25, 0.3) is 22.3 Å². The number of rotatable bonds is 3.